The van der Waals surface area contributed by atoms with Gasteiger partial charge in [-0.25, -0.2) is 8.78 Å². The van der Waals surface area contributed by atoms with E-state index in [-0.39, 0.29) is 36.9 Å². The number of hydrogen-bond acceptors (Lipinski definition) is 6. The highest BCUT2D eigenvalue weighted by atomic mass is 19.3. The number of amides is 1. The molecular formula is C29H48F2N2O5. The number of halogens is 2. The highest BCUT2D eigenvalue weighted by molar-refractivity contribution is 5.74. The highest BCUT2D eigenvalue weighted by Gasteiger charge is 2.38. The first-order valence-corrected chi connectivity index (χ1v) is 13.4. The number of ether oxygens (including phenoxy) is 1. The van der Waals surface area contributed by atoms with E-state index in [1.54, 1.807) is 6.07 Å². The van der Waals surface area contributed by atoms with Crippen LogP contribution in [0.25, 0.3) is 0 Å². The Hall–Kier alpha value is -2.23. The molecule has 1 aromatic rings. The van der Waals surface area contributed by atoms with Gasteiger partial charge in [0, 0.05) is 23.8 Å². The van der Waals surface area contributed by atoms with Gasteiger partial charge in [-0.2, -0.15) is 0 Å². The van der Waals surface area contributed by atoms with Crippen LogP contribution in [0.15, 0.2) is 36.6 Å². The molecule has 0 aromatic heterocycles. The molecule has 0 spiro atoms. The minimum atomic E-state index is -2.73. The number of phenolic OH excluding ortho intramolecular Hbond substituents is 1. The van der Waals surface area contributed by atoms with Gasteiger partial charge in [-0.05, 0) is 56.2 Å². The zero-order valence-electron chi connectivity index (χ0n) is 23.4. The second-order valence-electron chi connectivity index (χ2n) is 11.2. The number of benzene rings is 1. The summed E-state index contributed by atoms with van der Waals surface area (Å²) in [5.41, 5.74) is 6.02. The van der Waals surface area contributed by atoms with E-state index >= 15 is 0 Å². The van der Waals surface area contributed by atoms with Crippen LogP contribution < -0.4 is 11.1 Å². The van der Waals surface area contributed by atoms with Crippen molar-refractivity contribution in [3.8, 4) is 5.75 Å². The SMILES string of the molecule is C=C(O)CC(C)C(C)(F)F.CC1(COCC(N)=O)CCNC1CO.CC1CCC(c2ccccc2O)CC1. The van der Waals surface area contributed by atoms with E-state index in [0.717, 1.165) is 31.4 Å². The molecule has 0 bridgehead atoms. The van der Waals surface area contributed by atoms with Gasteiger partial charge >= 0.3 is 0 Å². The summed E-state index contributed by atoms with van der Waals surface area (Å²) in [5, 5.41) is 30.6. The molecule has 3 unspecified atom stereocenters. The molecule has 1 heterocycles. The summed E-state index contributed by atoms with van der Waals surface area (Å²) in [7, 11) is 0. The molecule has 6 N–H and O–H groups in total. The summed E-state index contributed by atoms with van der Waals surface area (Å²) in [4.78, 5) is 10.5. The fraction of sp³-hybridized carbons (Fsp3) is 0.690. The third-order valence-electron chi connectivity index (χ3n) is 7.59. The van der Waals surface area contributed by atoms with Gasteiger partial charge in [-0.15, -0.1) is 0 Å². The number of allylic oxidation sites excluding steroid dienone is 1. The first kappa shape index (κ1) is 33.8. The van der Waals surface area contributed by atoms with Crippen molar-refractivity contribution in [3.05, 3.63) is 42.2 Å². The molecular weight excluding hydrogens is 494 g/mol. The lowest BCUT2D eigenvalue weighted by molar-refractivity contribution is -0.123. The van der Waals surface area contributed by atoms with E-state index in [1.165, 1.54) is 32.6 Å². The van der Waals surface area contributed by atoms with Gasteiger partial charge in [0.2, 0.25) is 11.8 Å². The first-order valence-electron chi connectivity index (χ1n) is 13.4. The van der Waals surface area contributed by atoms with Crippen molar-refractivity contribution in [2.45, 2.75) is 84.1 Å². The average Bonchev–Trinajstić information content (AvgIpc) is 3.20. The summed E-state index contributed by atoms with van der Waals surface area (Å²) >= 11 is 0. The van der Waals surface area contributed by atoms with E-state index in [9.17, 15) is 18.7 Å². The maximum Gasteiger partial charge on any atom is 0.248 e. The van der Waals surface area contributed by atoms with Crippen LogP contribution in [0, 0.1) is 17.3 Å². The Bertz CT molecular complexity index is 856. The van der Waals surface area contributed by atoms with Crippen LogP contribution in [0.2, 0.25) is 0 Å². The van der Waals surface area contributed by atoms with E-state index < -0.39 is 17.7 Å². The van der Waals surface area contributed by atoms with Crippen molar-refractivity contribution in [2.75, 3.05) is 26.4 Å². The number of phenols is 1. The fourth-order valence-corrected chi connectivity index (χ4v) is 4.73. The number of nitrogens with two attached hydrogens (primary N) is 1. The van der Waals surface area contributed by atoms with Gasteiger partial charge in [0.25, 0.3) is 0 Å². The Morgan fingerprint density at radius 3 is 2.37 bits per heavy atom. The molecule has 3 rings (SSSR count). The monoisotopic (exact) mass is 542 g/mol. The molecule has 218 valence electrons. The van der Waals surface area contributed by atoms with E-state index in [4.69, 9.17) is 20.7 Å². The molecule has 0 radical (unpaired) electrons. The second kappa shape index (κ2) is 16.0. The first-order chi connectivity index (χ1) is 17.7. The molecule has 1 aliphatic heterocycles. The van der Waals surface area contributed by atoms with Crippen LogP contribution >= 0.6 is 0 Å². The summed E-state index contributed by atoms with van der Waals surface area (Å²) in [5.74, 6) is -2.28. The molecule has 3 atom stereocenters. The van der Waals surface area contributed by atoms with Gasteiger partial charge in [0.15, 0.2) is 0 Å². The van der Waals surface area contributed by atoms with Gasteiger partial charge in [-0.1, -0.05) is 58.4 Å². The Kier molecular flexibility index (Phi) is 14.2. The van der Waals surface area contributed by atoms with Gasteiger partial charge in [-0.3, -0.25) is 4.79 Å². The summed E-state index contributed by atoms with van der Waals surface area (Å²) < 4.78 is 29.8. The molecule has 1 aromatic carbocycles. The van der Waals surface area contributed by atoms with E-state index in [1.807, 2.05) is 19.1 Å². The van der Waals surface area contributed by atoms with Gasteiger partial charge in [0.05, 0.1) is 19.0 Å². The zero-order chi connectivity index (χ0) is 28.9. The topological polar surface area (TPSA) is 125 Å². The summed E-state index contributed by atoms with van der Waals surface area (Å²) in [6.07, 6.45) is 5.98. The maximum atomic E-state index is 12.3. The summed E-state index contributed by atoms with van der Waals surface area (Å²) in [6, 6.07) is 7.83. The minimum absolute atomic E-state index is 0.0382. The number of hydrogen-bond donors (Lipinski definition) is 5. The molecule has 1 aliphatic carbocycles. The van der Waals surface area contributed by atoms with Gasteiger partial charge in [0.1, 0.15) is 12.4 Å². The number of para-hydroxylation sites is 1. The Labute approximate surface area is 226 Å². The van der Waals surface area contributed by atoms with Crippen LogP contribution in [0.4, 0.5) is 8.78 Å². The number of aliphatic hydroxyl groups excluding tert-OH is 2. The molecule has 2 fully saturated rings. The largest absolute Gasteiger partial charge is 0.513 e. The number of nitrogens with one attached hydrogen (secondary N) is 1. The average molecular weight is 543 g/mol. The number of carbonyl (C=O) groups is 1. The van der Waals surface area contributed by atoms with Crippen molar-refractivity contribution in [1.82, 2.24) is 5.32 Å². The van der Waals surface area contributed by atoms with Crippen molar-refractivity contribution in [3.63, 3.8) is 0 Å². The lowest BCUT2D eigenvalue weighted by atomic mass is 9.79. The summed E-state index contributed by atoms with van der Waals surface area (Å²) in [6.45, 7) is 11.1. The number of carbonyl (C=O) groups excluding carboxylic acids is 1. The maximum absolute atomic E-state index is 12.3. The Morgan fingerprint density at radius 1 is 1.29 bits per heavy atom. The van der Waals surface area contributed by atoms with Crippen LogP contribution in [-0.2, 0) is 9.53 Å². The lowest BCUT2D eigenvalue weighted by Gasteiger charge is -2.29. The van der Waals surface area contributed by atoms with Crippen LogP contribution in [0.3, 0.4) is 0 Å². The normalized spacial score (nSPS) is 25.8. The van der Waals surface area contributed by atoms with Crippen LogP contribution in [0.1, 0.15) is 77.7 Å². The molecule has 1 saturated carbocycles. The minimum Gasteiger partial charge on any atom is -0.513 e. The highest BCUT2D eigenvalue weighted by Crippen LogP contribution is 2.38. The van der Waals surface area contributed by atoms with Gasteiger partial charge < -0.3 is 31.1 Å². The number of aliphatic hydroxyl groups is 2. The number of alkyl halides is 2. The van der Waals surface area contributed by atoms with Crippen LogP contribution in [0.5, 0.6) is 5.75 Å². The lowest BCUT2D eigenvalue weighted by Crippen LogP contribution is -2.41. The number of rotatable bonds is 9. The molecule has 1 amide bonds. The van der Waals surface area contributed by atoms with Crippen LogP contribution in [-0.4, -0.2) is 59.6 Å². The predicted molar refractivity (Wildman–Crippen MR) is 146 cm³/mol. The third kappa shape index (κ3) is 12.1. The predicted octanol–water partition coefficient (Wildman–Crippen LogP) is 5.27. The standard InChI is InChI=1S/C13H18O.C9H18N2O3.C7H12F2O/c1-10-6-8-11(9-7-10)12-4-2-3-5-13(12)14;1-9(6-14-5-8(10)13)2-3-11-7(9)4-12;1-5(4-6(2)10)7(3,8)9/h2-5,10-11,14H,6-9H2,1H3;7,11-12H,2-6H2,1H3,(H2,10,13);5,10H,2,4H2,1,3H3. The quantitative estimate of drug-likeness (QED) is 0.271. The molecule has 2 aliphatic rings. The molecule has 7 nitrogen and oxygen atoms in total. The van der Waals surface area contributed by atoms with Crippen molar-refractivity contribution < 1.29 is 33.6 Å². The Morgan fingerprint density at radius 2 is 1.89 bits per heavy atom. The second-order valence-corrected chi connectivity index (χ2v) is 11.2. The zero-order valence-corrected chi connectivity index (χ0v) is 23.4. The van der Waals surface area contributed by atoms with Crippen molar-refractivity contribution in [1.29, 1.82) is 0 Å². The smallest absolute Gasteiger partial charge is 0.248 e. The van der Waals surface area contributed by atoms with Crippen molar-refractivity contribution in [2.24, 2.45) is 23.0 Å². The van der Waals surface area contributed by atoms with E-state index in [2.05, 4.69) is 24.9 Å². The Balaban J connectivity index is 0.000000291. The molecule has 9 heteroatoms. The number of aromatic hydroxyl groups is 1. The molecule has 1 saturated heterocycles. The fourth-order valence-electron chi connectivity index (χ4n) is 4.73. The van der Waals surface area contributed by atoms with Crippen molar-refractivity contribution >= 4 is 5.91 Å². The third-order valence-corrected chi connectivity index (χ3v) is 7.59. The number of primary amides is 1. The van der Waals surface area contributed by atoms with E-state index in [0.29, 0.717) is 18.3 Å². The molecule has 38 heavy (non-hydrogen) atoms.